The van der Waals surface area contributed by atoms with Crippen LogP contribution in [0.1, 0.15) is 0 Å². The number of hydrogen-bond donors (Lipinski definition) is 2. The van der Waals surface area contributed by atoms with Gasteiger partial charge in [0.25, 0.3) is 0 Å². The second-order valence-corrected chi connectivity index (χ2v) is 4.67. The molecule has 6 heteroatoms. The number of aryl methyl sites for hydroxylation is 1. The molecule has 100 valence electrons. The second kappa shape index (κ2) is 4.89. The van der Waals surface area contributed by atoms with Gasteiger partial charge in [-0.1, -0.05) is 6.07 Å². The number of nitrogens with zero attached hydrogens (tertiary/aromatic N) is 3. The van der Waals surface area contributed by atoms with Gasteiger partial charge in [0.15, 0.2) is 0 Å². The first-order valence-electron chi connectivity index (χ1n) is 6.43. The van der Waals surface area contributed by atoms with Crippen molar-refractivity contribution < 1.29 is 4.79 Å². The molecule has 2 heterocycles. The van der Waals surface area contributed by atoms with Crippen LogP contribution in [0.5, 0.6) is 0 Å². The third-order valence-corrected chi connectivity index (χ3v) is 3.44. The number of carbonyl (C=O) groups excluding carboxylic acids is 1. The van der Waals surface area contributed by atoms with Gasteiger partial charge in [-0.2, -0.15) is 5.10 Å². The van der Waals surface area contributed by atoms with Gasteiger partial charge in [-0.25, -0.2) is 4.79 Å². The monoisotopic (exact) mass is 259 g/mol. The lowest BCUT2D eigenvalue weighted by atomic mass is 10.2. The average molecular weight is 259 g/mol. The molecule has 1 aromatic heterocycles. The zero-order valence-electron chi connectivity index (χ0n) is 10.9. The summed E-state index contributed by atoms with van der Waals surface area (Å²) in [6, 6.07) is 5.78. The number of nitrogens with one attached hydrogen (secondary N) is 2. The lowest BCUT2D eigenvalue weighted by molar-refractivity contribution is 0.204. The molecule has 2 aromatic rings. The van der Waals surface area contributed by atoms with Crippen molar-refractivity contribution in [1.29, 1.82) is 0 Å². The smallest absolute Gasteiger partial charge is 0.321 e. The SMILES string of the molecule is Cn1ncc2c(NC(=O)N3CCNCC3)cccc21. The largest absolute Gasteiger partial charge is 0.322 e. The molecule has 3 rings (SSSR count). The Kier molecular flexibility index (Phi) is 3.08. The summed E-state index contributed by atoms with van der Waals surface area (Å²) in [5.74, 6) is 0. The highest BCUT2D eigenvalue weighted by molar-refractivity contribution is 6.00. The Bertz CT molecular complexity index is 600. The number of hydrogen-bond acceptors (Lipinski definition) is 3. The second-order valence-electron chi connectivity index (χ2n) is 4.67. The van der Waals surface area contributed by atoms with E-state index < -0.39 is 0 Å². The Morgan fingerprint density at radius 3 is 2.95 bits per heavy atom. The van der Waals surface area contributed by atoms with Crippen LogP contribution in [0.4, 0.5) is 10.5 Å². The molecule has 0 unspecified atom stereocenters. The maximum absolute atomic E-state index is 12.2. The van der Waals surface area contributed by atoms with E-state index in [0.29, 0.717) is 0 Å². The number of benzene rings is 1. The van der Waals surface area contributed by atoms with E-state index in [0.717, 1.165) is 42.8 Å². The van der Waals surface area contributed by atoms with Crippen LogP contribution in [-0.4, -0.2) is 46.9 Å². The zero-order chi connectivity index (χ0) is 13.2. The Morgan fingerprint density at radius 1 is 1.37 bits per heavy atom. The standard InChI is InChI=1S/C13H17N5O/c1-17-12-4-2-3-11(10(12)9-15-17)16-13(19)18-7-5-14-6-8-18/h2-4,9,14H,5-8H2,1H3,(H,16,19). The summed E-state index contributed by atoms with van der Waals surface area (Å²) < 4.78 is 1.80. The van der Waals surface area contributed by atoms with Crippen molar-refractivity contribution >= 4 is 22.6 Å². The van der Waals surface area contributed by atoms with Crippen molar-refractivity contribution in [2.24, 2.45) is 7.05 Å². The molecule has 19 heavy (non-hydrogen) atoms. The topological polar surface area (TPSA) is 62.2 Å². The average Bonchev–Trinajstić information content (AvgIpc) is 2.83. The zero-order valence-corrected chi connectivity index (χ0v) is 10.9. The quantitative estimate of drug-likeness (QED) is 0.803. The number of anilines is 1. The number of amides is 2. The minimum Gasteiger partial charge on any atom is -0.322 e. The molecule has 2 N–H and O–H groups in total. The Labute approximate surface area is 111 Å². The fourth-order valence-corrected chi connectivity index (χ4v) is 2.35. The summed E-state index contributed by atoms with van der Waals surface area (Å²) >= 11 is 0. The van der Waals surface area contributed by atoms with E-state index in [1.807, 2.05) is 30.1 Å². The van der Waals surface area contributed by atoms with Crippen molar-refractivity contribution in [3.63, 3.8) is 0 Å². The lowest BCUT2D eigenvalue weighted by Crippen LogP contribution is -2.48. The van der Waals surface area contributed by atoms with Gasteiger partial charge in [0.05, 0.1) is 17.4 Å². The molecule has 0 spiro atoms. The van der Waals surface area contributed by atoms with Gasteiger partial charge < -0.3 is 15.5 Å². The number of carbonyl (C=O) groups is 1. The predicted octanol–water partition coefficient (Wildman–Crippen LogP) is 1.01. The first kappa shape index (κ1) is 12.0. The minimum atomic E-state index is -0.0437. The highest BCUT2D eigenvalue weighted by Gasteiger charge is 2.17. The van der Waals surface area contributed by atoms with Crippen molar-refractivity contribution in [3.8, 4) is 0 Å². The lowest BCUT2D eigenvalue weighted by Gasteiger charge is -2.27. The van der Waals surface area contributed by atoms with Gasteiger partial charge in [-0.3, -0.25) is 4.68 Å². The highest BCUT2D eigenvalue weighted by atomic mass is 16.2. The predicted molar refractivity (Wildman–Crippen MR) is 74.2 cm³/mol. The van der Waals surface area contributed by atoms with Gasteiger partial charge in [0, 0.05) is 38.6 Å². The van der Waals surface area contributed by atoms with Crippen LogP contribution in [0, 0.1) is 0 Å². The van der Waals surface area contributed by atoms with Crippen LogP contribution < -0.4 is 10.6 Å². The van der Waals surface area contributed by atoms with Gasteiger partial charge in [0.1, 0.15) is 0 Å². The van der Waals surface area contributed by atoms with E-state index in [1.54, 1.807) is 10.9 Å². The van der Waals surface area contributed by atoms with Gasteiger partial charge >= 0.3 is 6.03 Å². The molecule has 0 aliphatic carbocycles. The fourth-order valence-electron chi connectivity index (χ4n) is 2.35. The number of rotatable bonds is 1. The molecule has 0 bridgehead atoms. The number of urea groups is 1. The van der Waals surface area contributed by atoms with E-state index in [4.69, 9.17) is 0 Å². The summed E-state index contributed by atoms with van der Waals surface area (Å²) in [5, 5.41) is 11.4. The van der Waals surface area contributed by atoms with E-state index in [-0.39, 0.29) is 6.03 Å². The number of piperazine rings is 1. The van der Waals surface area contributed by atoms with E-state index >= 15 is 0 Å². The third-order valence-electron chi connectivity index (χ3n) is 3.44. The van der Waals surface area contributed by atoms with Gasteiger partial charge in [-0.15, -0.1) is 0 Å². The molecule has 1 aliphatic rings. The van der Waals surface area contributed by atoms with Crippen LogP contribution >= 0.6 is 0 Å². The Hall–Kier alpha value is -2.08. The van der Waals surface area contributed by atoms with Gasteiger partial charge in [-0.05, 0) is 12.1 Å². The first-order chi connectivity index (χ1) is 9.25. The van der Waals surface area contributed by atoms with Crippen LogP contribution in [0.2, 0.25) is 0 Å². The molecule has 0 saturated carbocycles. The van der Waals surface area contributed by atoms with Crippen LogP contribution in [0.25, 0.3) is 10.9 Å². The van der Waals surface area contributed by atoms with Crippen LogP contribution in [0.15, 0.2) is 24.4 Å². The normalized spacial score (nSPS) is 15.7. The fraction of sp³-hybridized carbons (Fsp3) is 0.385. The van der Waals surface area contributed by atoms with E-state index in [1.165, 1.54) is 0 Å². The number of aromatic nitrogens is 2. The van der Waals surface area contributed by atoms with Crippen molar-refractivity contribution in [2.45, 2.75) is 0 Å². The summed E-state index contributed by atoms with van der Waals surface area (Å²) in [6.45, 7) is 3.19. The van der Waals surface area contributed by atoms with Crippen molar-refractivity contribution in [3.05, 3.63) is 24.4 Å². The number of fused-ring (bicyclic) bond motifs is 1. The molecular weight excluding hydrogens is 242 g/mol. The van der Waals surface area contributed by atoms with E-state index in [9.17, 15) is 4.79 Å². The molecule has 1 aromatic carbocycles. The summed E-state index contributed by atoms with van der Waals surface area (Å²) in [5.41, 5.74) is 1.83. The molecule has 0 atom stereocenters. The molecule has 0 radical (unpaired) electrons. The van der Waals surface area contributed by atoms with E-state index in [2.05, 4.69) is 15.7 Å². The molecule has 6 nitrogen and oxygen atoms in total. The minimum absolute atomic E-state index is 0.0437. The molecular formula is C13H17N5O. The summed E-state index contributed by atoms with van der Waals surface area (Å²) in [4.78, 5) is 14.0. The van der Waals surface area contributed by atoms with Crippen LogP contribution in [-0.2, 0) is 7.05 Å². The molecule has 1 aliphatic heterocycles. The molecule has 1 saturated heterocycles. The van der Waals surface area contributed by atoms with Crippen molar-refractivity contribution in [2.75, 3.05) is 31.5 Å². The highest BCUT2D eigenvalue weighted by Crippen LogP contribution is 2.22. The summed E-state index contributed by atoms with van der Waals surface area (Å²) in [7, 11) is 1.89. The molecule has 2 amide bonds. The van der Waals surface area contributed by atoms with Gasteiger partial charge in [0.2, 0.25) is 0 Å². The molecule has 1 fully saturated rings. The Morgan fingerprint density at radius 2 is 2.16 bits per heavy atom. The van der Waals surface area contributed by atoms with Crippen LogP contribution in [0.3, 0.4) is 0 Å². The van der Waals surface area contributed by atoms with Crippen molar-refractivity contribution in [1.82, 2.24) is 20.0 Å². The Balaban J connectivity index is 1.82. The maximum atomic E-state index is 12.2. The summed E-state index contributed by atoms with van der Waals surface area (Å²) in [6.07, 6.45) is 1.78. The first-order valence-corrected chi connectivity index (χ1v) is 6.43. The third kappa shape index (κ3) is 2.26. The maximum Gasteiger partial charge on any atom is 0.321 e.